The standard InChI is InChI=1S/C25H32N4O3/c1-16(2)17-7-9-19(10-8-17)25(31,24(5)14-29(6)15-24)20-11-18(12-26-13-20)21-27-22(32-28-21)23(3,4)30/h7-13,16,30-31H,14-15H2,1-6H3/t25-/m0/s1/i3D,4D3/t23?,25-. The van der Waals surface area contributed by atoms with Crippen LogP contribution in [0.15, 0.2) is 47.2 Å². The molecule has 0 aliphatic carbocycles. The number of likely N-dealkylation sites (tertiary alicyclic amines) is 1. The van der Waals surface area contributed by atoms with Crippen LogP contribution in [0.2, 0.25) is 0 Å². The average Bonchev–Trinajstić information content (AvgIpc) is 3.32. The highest BCUT2D eigenvalue weighted by Gasteiger charge is 2.55. The molecule has 1 aromatic carbocycles. The SMILES string of the molecule is [2H]CC(O)(c1nc(-c2cncc([C@@](O)(c3ccc(C(C)C)cc3)C3(C)CN(C)C3)c2)no1)C([2H])([2H])[2H]. The minimum atomic E-state index is -2.92. The Kier molecular flexibility index (Phi) is 4.34. The van der Waals surface area contributed by atoms with Crippen LogP contribution in [-0.2, 0) is 11.2 Å². The largest absolute Gasteiger partial charge is 0.381 e. The van der Waals surface area contributed by atoms with Gasteiger partial charge in [-0.15, -0.1) is 0 Å². The second kappa shape index (κ2) is 7.76. The van der Waals surface area contributed by atoms with Crippen LogP contribution in [-0.4, -0.2) is 50.4 Å². The van der Waals surface area contributed by atoms with Gasteiger partial charge in [-0.2, -0.15) is 4.98 Å². The number of benzene rings is 1. The molecule has 0 bridgehead atoms. The van der Waals surface area contributed by atoms with E-state index in [4.69, 9.17) is 10.0 Å². The molecule has 4 rings (SSSR count). The smallest absolute Gasteiger partial charge is 0.258 e. The molecule has 7 heteroatoms. The summed E-state index contributed by atoms with van der Waals surface area (Å²) in [6.45, 7) is 3.80. The van der Waals surface area contributed by atoms with Crippen LogP contribution in [0.3, 0.4) is 0 Å². The molecule has 1 saturated heterocycles. The molecule has 2 atom stereocenters. The van der Waals surface area contributed by atoms with Gasteiger partial charge in [-0.3, -0.25) is 4.98 Å². The summed E-state index contributed by atoms with van der Waals surface area (Å²) in [5, 5.41) is 26.7. The van der Waals surface area contributed by atoms with Crippen LogP contribution < -0.4 is 0 Å². The van der Waals surface area contributed by atoms with Gasteiger partial charge in [-0.1, -0.05) is 50.2 Å². The molecule has 0 spiro atoms. The Morgan fingerprint density at radius 1 is 1.16 bits per heavy atom. The molecule has 2 N–H and O–H groups in total. The third-order valence-electron chi connectivity index (χ3n) is 6.30. The quantitative estimate of drug-likeness (QED) is 0.604. The normalized spacial score (nSPS) is 22.1. The van der Waals surface area contributed by atoms with Crippen molar-refractivity contribution in [1.29, 1.82) is 0 Å². The van der Waals surface area contributed by atoms with Gasteiger partial charge in [0.05, 0.1) is 0 Å². The Hall–Kier alpha value is -2.61. The van der Waals surface area contributed by atoms with Crippen molar-refractivity contribution in [3.63, 3.8) is 0 Å². The summed E-state index contributed by atoms with van der Waals surface area (Å²) in [4.78, 5) is 10.5. The van der Waals surface area contributed by atoms with E-state index in [1.54, 1.807) is 12.3 Å². The second-order valence-electron chi connectivity index (χ2n) is 9.47. The van der Waals surface area contributed by atoms with Gasteiger partial charge in [0.1, 0.15) is 11.2 Å². The van der Waals surface area contributed by atoms with Crippen molar-refractivity contribution in [2.24, 2.45) is 5.41 Å². The van der Waals surface area contributed by atoms with E-state index in [-0.39, 0.29) is 5.82 Å². The molecular weight excluding hydrogens is 404 g/mol. The van der Waals surface area contributed by atoms with Crippen molar-refractivity contribution < 1.29 is 20.2 Å². The predicted octanol–water partition coefficient (Wildman–Crippen LogP) is 3.67. The van der Waals surface area contributed by atoms with Gasteiger partial charge in [-0.25, -0.2) is 0 Å². The minimum Gasteiger partial charge on any atom is -0.381 e. The number of aromatic nitrogens is 3. The molecule has 0 radical (unpaired) electrons. The molecule has 0 amide bonds. The van der Waals surface area contributed by atoms with Gasteiger partial charge >= 0.3 is 0 Å². The topological polar surface area (TPSA) is 95.5 Å². The summed E-state index contributed by atoms with van der Waals surface area (Å²) in [5.41, 5.74) is -1.66. The summed E-state index contributed by atoms with van der Waals surface area (Å²) in [5.74, 6) is -0.207. The fourth-order valence-corrected chi connectivity index (χ4v) is 4.62. The number of aliphatic hydroxyl groups is 2. The van der Waals surface area contributed by atoms with Crippen LogP contribution in [0.25, 0.3) is 11.4 Å². The molecule has 1 aliphatic heterocycles. The zero-order valence-corrected chi connectivity index (χ0v) is 18.8. The lowest BCUT2D eigenvalue weighted by atomic mass is 9.62. The molecule has 3 heterocycles. The van der Waals surface area contributed by atoms with Crippen LogP contribution >= 0.6 is 0 Å². The highest BCUT2D eigenvalue weighted by Crippen LogP contribution is 2.50. The zero-order valence-electron chi connectivity index (χ0n) is 22.8. The Labute approximate surface area is 194 Å². The number of nitrogens with zero attached hydrogens (tertiary/aromatic N) is 4. The summed E-state index contributed by atoms with van der Waals surface area (Å²) >= 11 is 0. The Morgan fingerprint density at radius 2 is 1.88 bits per heavy atom. The van der Waals surface area contributed by atoms with Gasteiger partial charge < -0.3 is 19.6 Å². The van der Waals surface area contributed by atoms with Gasteiger partial charge in [0.15, 0.2) is 0 Å². The molecule has 170 valence electrons. The van der Waals surface area contributed by atoms with E-state index in [0.29, 0.717) is 30.1 Å². The molecule has 7 nitrogen and oxygen atoms in total. The monoisotopic (exact) mass is 440 g/mol. The Morgan fingerprint density at radius 3 is 2.47 bits per heavy atom. The van der Waals surface area contributed by atoms with Gasteiger partial charge in [0.25, 0.3) is 5.89 Å². The van der Waals surface area contributed by atoms with Crippen molar-refractivity contribution in [3.05, 3.63) is 65.3 Å². The van der Waals surface area contributed by atoms with Gasteiger partial charge in [0, 0.05) is 47.5 Å². The summed E-state index contributed by atoms with van der Waals surface area (Å²) in [6.07, 6.45) is 3.08. The second-order valence-corrected chi connectivity index (χ2v) is 9.47. The number of pyridine rings is 1. The van der Waals surface area contributed by atoms with Gasteiger partial charge in [-0.05, 0) is 43.9 Å². The van der Waals surface area contributed by atoms with E-state index in [2.05, 4.69) is 33.9 Å². The summed E-state index contributed by atoms with van der Waals surface area (Å²) in [6, 6.07) is 9.65. The lowest BCUT2D eigenvalue weighted by Gasteiger charge is -2.55. The Bertz CT molecular complexity index is 1220. The van der Waals surface area contributed by atoms with Crippen molar-refractivity contribution in [3.8, 4) is 11.4 Å². The van der Waals surface area contributed by atoms with E-state index in [1.807, 2.05) is 38.2 Å². The van der Waals surface area contributed by atoms with Crippen molar-refractivity contribution >= 4 is 0 Å². The molecule has 2 aromatic heterocycles. The molecule has 1 fully saturated rings. The van der Waals surface area contributed by atoms with Crippen LogP contribution in [0.5, 0.6) is 0 Å². The summed E-state index contributed by atoms with van der Waals surface area (Å²) < 4.78 is 35.4. The molecule has 1 unspecified atom stereocenters. The maximum atomic E-state index is 12.4. The fraction of sp³-hybridized carbons (Fsp3) is 0.480. The Balaban J connectivity index is 1.79. The first kappa shape index (κ1) is 17.9. The number of rotatable bonds is 6. The van der Waals surface area contributed by atoms with Crippen molar-refractivity contribution in [2.75, 3.05) is 20.1 Å². The molecule has 32 heavy (non-hydrogen) atoms. The van der Waals surface area contributed by atoms with E-state index in [1.165, 1.54) is 11.8 Å². The summed E-state index contributed by atoms with van der Waals surface area (Å²) in [7, 11) is 2.00. The molecule has 3 aromatic rings. The van der Waals surface area contributed by atoms with Crippen LogP contribution in [0.1, 0.15) is 68.5 Å². The zero-order chi connectivity index (χ0) is 26.5. The number of hydrogen-bond donors (Lipinski definition) is 2. The maximum absolute atomic E-state index is 12.4. The van der Waals surface area contributed by atoms with E-state index in [9.17, 15) is 10.2 Å². The average molecular weight is 441 g/mol. The van der Waals surface area contributed by atoms with Crippen LogP contribution in [0.4, 0.5) is 0 Å². The van der Waals surface area contributed by atoms with E-state index in [0.717, 1.165) is 5.56 Å². The maximum Gasteiger partial charge on any atom is 0.258 e. The van der Waals surface area contributed by atoms with E-state index >= 15 is 0 Å². The van der Waals surface area contributed by atoms with Gasteiger partial charge in [0.2, 0.25) is 5.82 Å². The van der Waals surface area contributed by atoms with Crippen LogP contribution in [0, 0.1) is 5.41 Å². The highest BCUT2D eigenvalue weighted by molar-refractivity contribution is 5.56. The first-order chi connectivity index (χ1) is 16.7. The predicted molar refractivity (Wildman–Crippen MR) is 122 cm³/mol. The lowest BCUT2D eigenvalue weighted by molar-refractivity contribution is -0.127. The fourth-order valence-electron chi connectivity index (χ4n) is 4.62. The first-order valence-electron chi connectivity index (χ1n) is 12.8. The minimum absolute atomic E-state index is 0.00358. The van der Waals surface area contributed by atoms with E-state index < -0.39 is 36.3 Å². The third-order valence-corrected chi connectivity index (χ3v) is 6.30. The van der Waals surface area contributed by atoms with Crippen molar-refractivity contribution in [1.82, 2.24) is 20.0 Å². The molecular formula is C25H32N4O3. The highest BCUT2D eigenvalue weighted by atomic mass is 16.5. The van der Waals surface area contributed by atoms with Crippen molar-refractivity contribution in [2.45, 2.75) is 51.6 Å². The molecule has 1 aliphatic rings. The number of hydrogen-bond acceptors (Lipinski definition) is 7. The lowest BCUT2D eigenvalue weighted by Crippen LogP contribution is -2.63. The molecule has 0 saturated carbocycles. The third kappa shape index (κ3) is 3.74. The first-order valence-corrected chi connectivity index (χ1v) is 10.6.